The van der Waals surface area contributed by atoms with Gasteiger partial charge in [0.1, 0.15) is 17.7 Å². The molecule has 6 rings (SSSR count). The highest BCUT2D eigenvalue weighted by Crippen LogP contribution is 2.38. The van der Waals surface area contributed by atoms with Crippen molar-refractivity contribution in [1.29, 1.82) is 0 Å². The summed E-state index contributed by atoms with van der Waals surface area (Å²) in [5.41, 5.74) is 3.44. The Bertz CT molecular complexity index is 1680. The summed E-state index contributed by atoms with van der Waals surface area (Å²) in [5, 5.41) is 11.6. The Morgan fingerprint density at radius 2 is 1.96 bits per heavy atom. The Hall–Kier alpha value is -3.80. The fourth-order valence-electron chi connectivity index (χ4n) is 6.20. The molecule has 47 heavy (non-hydrogen) atoms. The second-order valence-corrected chi connectivity index (χ2v) is 12.8. The van der Waals surface area contributed by atoms with Gasteiger partial charge < -0.3 is 29.5 Å². The van der Waals surface area contributed by atoms with Crippen molar-refractivity contribution in [1.82, 2.24) is 25.2 Å². The van der Waals surface area contributed by atoms with Crippen LogP contribution in [0.1, 0.15) is 75.9 Å². The van der Waals surface area contributed by atoms with Gasteiger partial charge in [0.15, 0.2) is 11.4 Å². The maximum Gasteiger partial charge on any atom is 0.290 e. The second kappa shape index (κ2) is 17.4. The molecule has 1 amide bonds. The molecule has 0 aliphatic carbocycles. The number of aromatic nitrogens is 3. The largest absolute Gasteiger partial charge is 0.483 e. The van der Waals surface area contributed by atoms with Crippen molar-refractivity contribution in [3.63, 3.8) is 0 Å². The number of pyridine rings is 1. The first-order valence-electron chi connectivity index (χ1n) is 16.4. The minimum atomic E-state index is -0.315. The van der Waals surface area contributed by atoms with Gasteiger partial charge in [-0.2, -0.15) is 0 Å². The van der Waals surface area contributed by atoms with Crippen molar-refractivity contribution in [2.24, 2.45) is 5.92 Å². The molecule has 0 bridgehead atoms. The van der Waals surface area contributed by atoms with Crippen LogP contribution in [0.2, 0.25) is 5.02 Å². The third kappa shape index (κ3) is 9.39. The van der Waals surface area contributed by atoms with Crippen LogP contribution in [0.4, 0.5) is 0 Å². The minimum Gasteiger partial charge on any atom is -0.483 e. The van der Waals surface area contributed by atoms with Gasteiger partial charge in [-0.05, 0) is 76.2 Å². The number of benzene rings is 1. The zero-order valence-electron chi connectivity index (χ0n) is 27.5. The highest BCUT2D eigenvalue weighted by atomic mass is 35.5. The third-order valence-corrected chi connectivity index (χ3v) is 9.34. The molecule has 2 aliphatic rings. The molecule has 11 nitrogen and oxygen atoms in total. The van der Waals surface area contributed by atoms with Gasteiger partial charge in [0.05, 0.1) is 10.7 Å². The molecule has 4 aromatic rings. The smallest absolute Gasteiger partial charge is 0.290 e. The number of fused-ring (bicyclic) bond motifs is 3. The van der Waals surface area contributed by atoms with E-state index in [-0.39, 0.29) is 29.3 Å². The van der Waals surface area contributed by atoms with Crippen molar-refractivity contribution in [3.05, 3.63) is 69.0 Å². The number of amides is 1. The number of aromatic amines is 1. The lowest BCUT2D eigenvalue weighted by molar-refractivity contribution is -0.134. The number of likely N-dealkylation sites (tertiary alicyclic amines) is 1. The van der Waals surface area contributed by atoms with Gasteiger partial charge in [0.2, 0.25) is 5.91 Å². The molecule has 2 atom stereocenters. The van der Waals surface area contributed by atoms with Crippen molar-refractivity contribution in [3.8, 4) is 0 Å². The zero-order valence-corrected chi connectivity index (χ0v) is 28.3. The zero-order chi connectivity index (χ0) is 33.8. The molecule has 3 N–H and O–H groups in total. The van der Waals surface area contributed by atoms with Crippen LogP contribution < -0.4 is 10.9 Å². The highest BCUT2D eigenvalue weighted by Gasteiger charge is 2.40. The van der Waals surface area contributed by atoms with Crippen molar-refractivity contribution >= 4 is 46.0 Å². The predicted molar refractivity (Wildman–Crippen MR) is 183 cm³/mol. The number of carbonyl (C=O) groups is 2. The number of hydrogen-bond acceptors (Lipinski definition) is 8. The lowest BCUT2D eigenvalue weighted by Crippen LogP contribution is -2.51. The van der Waals surface area contributed by atoms with E-state index in [0.29, 0.717) is 49.1 Å². The van der Waals surface area contributed by atoms with Crippen LogP contribution in [-0.4, -0.2) is 70.1 Å². The molecule has 12 heteroatoms. The number of piperidine rings is 1. The average molecular weight is 668 g/mol. The number of carboxylic acid groups (broad SMARTS) is 1. The Balaban J connectivity index is 0.000000554. The monoisotopic (exact) mass is 667 g/mol. The third-order valence-electron chi connectivity index (χ3n) is 9.12. The topological polar surface area (TPSA) is 151 Å². The highest BCUT2D eigenvalue weighted by molar-refractivity contribution is 6.30. The van der Waals surface area contributed by atoms with Gasteiger partial charge in [0, 0.05) is 48.7 Å². The van der Waals surface area contributed by atoms with Crippen LogP contribution in [0, 0.1) is 12.8 Å². The second-order valence-electron chi connectivity index (χ2n) is 12.4. The van der Waals surface area contributed by atoms with Crippen LogP contribution in [-0.2, 0) is 26.3 Å². The molecule has 2 unspecified atom stereocenters. The predicted octanol–water partition coefficient (Wildman–Crippen LogP) is 6.00. The number of nitrogens with one attached hydrogen (secondary N) is 2. The maximum atomic E-state index is 12.9. The standard InChI is InChI=1S/C30H35ClN4O4.C4H9N.CH2O2/c1-19-17-35(13-12-30(19,3)23-15-21(31)16-32-29(23)37)26(36)11-5-4-8-14-38-18-25-33-20(2)28-27(34-25)22-9-6-7-10-24(22)39-28;1-2-4-5-3-1;2-1-3/h6-7,9-10,15-16,19H,4-5,8,11-14,17-18H2,1-3H3,(H,32,37);5H,1-4H2;1H,(H,2,3). The first-order valence-corrected chi connectivity index (χ1v) is 16.7. The normalized spacial score (nSPS) is 19.1. The van der Waals surface area contributed by atoms with E-state index < -0.39 is 0 Å². The van der Waals surface area contributed by atoms with E-state index in [1.807, 2.05) is 36.1 Å². The first kappa shape index (κ1) is 36.0. The van der Waals surface area contributed by atoms with E-state index in [1.54, 1.807) is 6.07 Å². The summed E-state index contributed by atoms with van der Waals surface area (Å²) in [7, 11) is 0. The summed E-state index contributed by atoms with van der Waals surface area (Å²) < 4.78 is 11.7. The number of para-hydroxylation sites is 1. The van der Waals surface area contributed by atoms with Gasteiger partial charge in [-0.3, -0.25) is 14.4 Å². The lowest BCUT2D eigenvalue weighted by atomic mass is 9.68. The maximum absolute atomic E-state index is 12.9. The number of furan rings is 1. The molecule has 254 valence electrons. The Morgan fingerprint density at radius 3 is 2.66 bits per heavy atom. The molecular weight excluding hydrogens is 622 g/mol. The van der Waals surface area contributed by atoms with E-state index >= 15 is 0 Å². The van der Waals surface area contributed by atoms with Gasteiger partial charge in [-0.25, -0.2) is 9.97 Å². The molecule has 5 heterocycles. The Labute approximate surface area is 280 Å². The van der Waals surface area contributed by atoms with Gasteiger partial charge >= 0.3 is 0 Å². The molecule has 0 spiro atoms. The number of aryl methyl sites for hydroxylation is 1. The number of halogens is 1. The fourth-order valence-corrected chi connectivity index (χ4v) is 6.36. The quantitative estimate of drug-likeness (QED) is 0.144. The molecular formula is C35H46ClN5O6. The molecule has 0 saturated carbocycles. The molecule has 2 aliphatic heterocycles. The average Bonchev–Trinajstić information content (AvgIpc) is 3.76. The van der Waals surface area contributed by atoms with Gasteiger partial charge in [-0.1, -0.05) is 44.0 Å². The number of rotatable bonds is 9. The van der Waals surface area contributed by atoms with Gasteiger partial charge in [-0.15, -0.1) is 0 Å². The summed E-state index contributed by atoms with van der Waals surface area (Å²) in [4.78, 5) is 47.6. The van der Waals surface area contributed by atoms with E-state index in [9.17, 15) is 9.59 Å². The minimum absolute atomic E-state index is 0.104. The molecule has 3 aromatic heterocycles. The molecule has 2 fully saturated rings. The number of unbranched alkanes of at least 4 members (excludes halogenated alkanes) is 2. The van der Waals surface area contributed by atoms with E-state index in [4.69, 9.17) is 30.7 Å². The number of nitrogens with zero attached hydrogens (tertiary/aromatic N) is 3. The summed E-state index contributed by atoms with van der Waals surface area (Å²) in [5.74, 6) is 0.968. The SMILES string of the molecule is C1CCNC1.Cc1nc(COCCCCCC(=O)N2CCC(C)(c3cc(Cl)c[nH]c3=O)C(C)C2)nc2c1oc1ccccc12.O=CO. The van der Waals surface area contributed by atoms with E-state index in [1.165, 1.54) is 32.1 Å². The molecule has 2 saturated heterocycles. The molecule has 1 aromatic carbocycles. The fraction of sp³-hybridized carbons (Fsp3) is 0.514. The van der Waals surface area contributed by atoms with Crippen LogP contribution in [0.15, 0.2) is 45.7 Å². The summed E-state index contributed by atoms with van der Waals surface area (Å²) >= 11 is 6.15. The number of H-pyrrole nitrogens is 1. The number of ether oxygens (including phenoxy) is 1. The Kier molecular flexibility index (Phi) is 13.3. The summed E-state index contributed by atoms with van der Waals surface area (Å²) in [6, 6.07) is 9.62. The lowest BCUT2D eigenvalue weighted by Gasteiger charge is -2.44. The van der Waals surface area contributed by atoms with E-state index in [0.717, 1.165) is 53.4 Å². The van der Waals surface area contributed by atoms with Crippen LogP contribution in [0.25, 0.3) is 22.1 Å². The van der Waals surface area contributed by atoms with Crippen molar-refractivity contribution in [2.45, 2.75) is 77.7 Å². The van der Waals surface area contributed by atoms with Gasteiger partial charge in [0.25, 0.3) is 12.0 Å². The van der Waals surface area contributed by atoms with E-state index in [2.05, 4.69) is 34.1 Å². The van der Waals surface area contributed by atoms with Crippen LogP contribution in [0.5, 0.6) is 0 Å². The number of hydrogen-bond donors (Lipinski definition) is 3. The molecule has 0 radical (unpaired) electrons. The van der Waals surface area contributed by atoms with Crippen LogP contribution >= 0.6 is 11.6 Å². The van der Waals surface area contributed by atoms with Crippen molar-refractivity contribution < 1.29 is 23.8 Å². The summed E-state index contributed by atoms with van der Waals surface area (Å²) in [6.07, 6.45) is 8.15. The summed E-state index contributed by atoms with van der Waals surface area (Å²) in [6.45, 7) is 10.6. The first-order chi connectivity index (χ1) is 22.7. The van der Waals surface area contributed by atoms with Crippen molar-refractivity contribution in [2.75, 3.05) is 32.8 Å². The Morgan fingerprint density at radius 1 is 1.21 bits per heavy atom. The van der Waals surface area contributed by atoms with Crippen LogP contribution in [0.3, 0.4) is 0 Å². The number of carbonyl (C=O) groups excluding carboxylic acids is 1.